The van der Waals surface area contributed by atoms with E-state index >= 15 is 0 Å². The number of hydrogen-bond donors (Lipinski definition) is 2. The zero-order chi connectivity index (χ0) is 49.4. The number of aliphatic hydroxyl groups is 1. The smallest absolute Gasteiger partial charge is 0.338 e. The summed E-state index contributed by atoms with van der Waals surface area (Å²) in [6.07, 6.45) is -12.3. The first-order valence-corrected chi connectivity index (χ1v) is 23.3. The van der Waals surface area contributed by atoms with E-state index in [-0.39, 0.29) is 43.1 Å². The topological polar surface area (TPSA) is 184 Å². The molecule has 15 nitrogen and oxygen atoms in total. The molecule has 71 heavy (non-hydrogen) atoms. The number of esters is 3. The fourth-order valence-electron chi connectivity index (χ4n) is 8.29. The van der Waals surface area contributed by atoms with Crippen LogP contribution in [0.25, 0.3) is 0 Å². The van der Waals surface area contributed by atoms with Crippen LogP contribution in [0.3, 0.4) is 0 Å². The maximum Gasteiger partial charge on any atom is 0.338 e. The van der Waals surface area contributed by atoms with E-state index in [1.54, 1.807) is 91.0 Å². The first-order chi connectivity index (χ1) is 34.7. The zero-order valence-corrected chi connectivity index (χ0v) is 38.9. The van der Waals surface area contributed by atoms with Crippen molar-refractivity contribution in [3.8, 4) is 0 Å². The molecule has 6 aromatic carbocycles. The highest BCUT2D eigenvalue weighted by atomic mass is 16.7. The number of carbonyl (C=O) groups is 4. The monoisotopic (exact) mass is 965 g/mol. The molecular weight excluding hydrogens is 911 g/mol. The van der Waals surface area contributed by atoms with Gasteiger partial charge in [0, 0.05) is 6.92 Å². The van der Waals surface area contributed by atoms with Gasteiger partial charge in [0.05, 0.1) is 43.1 Å². The maximum atomic E-state index is 14.2. The SMILES string of the molecule is CC(=O)N[C@@H]1[C@H](O[C@H]2[C@H](OCc3ccccc3)[C@@H](OCc3ccccc3)[C@@H](O)O[C@@H]2COCc2ccccc2)O[C@H](COC(=O)c2ccccc2)[C@@H](OC(=O)c2ccccc2)[C@@H]1OC(=O)c1ccccc1. The highest BCUT2D eigenvalue weighted by Crippen LogP contribution is 2.35. The number of carbonyl (C=O) groups excluding carboxylic acids is 4. The molecule has 368 valence electrons. The molecule has 0 unspecified atom stereocenters. The Kier molecular flexibility index (Phi) is 17.8. The van der Waals surface area contributed by atoms with Crippen LogP contribution in [0.2, 0.25) is 0 Å². The lowest BCUT2D eigenvalue weighted by Gasteiger charge is -2.49. The summed E-state index contributed by atoms with van der Waals surface area (Å²) in [4.78, 5) is 55.1. The molecule has 0 spiro atoms. The normalized spacial score (nSPS) is 24.0. The molecule has 1 amide bonds. The summed E-state index contributed by atoms with van der Waals surface area (Å²) in [7, 11) is 0. The number of hydrogen-bond acceptors (Lipinski definition) is 14. The minimum Gasteiger partial charge on any atom is -0.459 e. The van der Waals surface area contributed by atoms with Gasteiger partial charge in [-0.3, -0.25) is 4.79 Å². The van der Waals surface area contributed by atoms with Crippen molar-refractivity contribution in [2.24, 2.45) is 0 Å². The molecular formula is C56H55NO14. The van der Waals surface area contributed by atoms with Crippen molar-refractivity contribution in [1.29, 1.82) is 0 Å². The molecule has 15 heteroatoms. The number of nitrogens with one attached hydrogen (secondary N) is 1. The minimum absolute atomic E-state index is 0.0361. The Morgan fingerprint density at radius 2 is 0.901 bits per heavy atom. The van der Waals surface area contributed by atoms with Gasteiger partial charge in [-0.25, -0.2) is 14.4 Å². The summed E-state index contributed by atoms with van der Waals surface area (Å²) >= 11 is 0. The van der Waals surface area contributed by atoms with Crippen LogP contribution in [0, 0.1) is 0 Å². The number of ether oxygens (including phenoxy) is 9. The van der Waals surface area contributed by atoms with E-state index in [4.69, 9.17) is 42.6 Å². The van der Waals surface area contributed by atoms with Gasteiger partial charge in [-0.2, -0.15) is 0 Å². The Morgan fingerprint density at radius 3 is 1.39 bits per heavy atom. The Morgan fingerprint density at radius 1 is 0.479 bits per heavy atom. The van der Waals surface area contributed by atoms with Gasteiger partial charge in [0.2, 0.25) is 5.91 Å². The second-order valence-corrected chi connectivity index (χ2v) is 16.9. The number of aliphatic hydroxyl groups excluding tert-OH is 1. The van der Waals surface area contributed by atoms with Crippen LogP contribution in [0.15, 0.2) is 182 Å². The van der Waals surface area contributed by atoms with E-state index in [1.807, 2.05) is 91.0 Å². The molecule has 0 aliphatic carbocycles. The summed E-state index contributed by atoms with van der Waals surface area (Å²) < 4.78 is 57.9. The van der Waals surface area contributed by atoms with Gasteiger partial charge in [-0.15, -0.1) is 0 Å². The molecule has 2 aliphatic heterocycles. The molecule has 2 aliphatic rings. The fraction of sp³-hybridized carbons (Fsp3) is 0.286. The largest absolute Gasteiger partial charge is 0.459 e. The molecule has 0 aromatic heterocycles. The Hall–Kier alpha value is -7.08. The summed E-state index contributed by atoms with van der Waals surface area (Å²) in [5.41, 5.74) is 3.01. The molecule has 2 N–H and O–H groups in total. The van der Waals surface area contributed by atoms with E-state index in [1.165, 1.54) is 6.92 Å². The van der Waals surface area contributed by atoms with E-state index in [9.17, 15) is 24.3 Å². The quantitative estimate of drug-likeness (QED) is 0.0588. The van der Waals surface area contributed by atoms with Crippen molar-refractivity contribution in [1.82, 2.24) is 5.32 Å². The highest BCUT2D eigenvalue weighted by molar-refractivity contribution is 5.91. The maximum absolute atomic E-state index is 14.2. The Labute approximate surface area is 411 Å². The van der Waals surface area contributed by atoms with Gasteiger partial charge in [0.1, 0.15) is 43.2 Å². The van der Waals surface area contributed by atoms with Gasteiger partial charge in [0.15, 0.2) is 24.8 Å². The third-order valence-electron chi connectivity index (χ3n) is 11.8. The van der Waals surface area contributed by atoms with Crippen molar-refractivity contribution in [3.63, 3.8) is 0 Å². The highest BCUT2D eigenvalue weighted by Gasteiger charge is 2.56. The average molecular weight is 966 g/mol. The lowest BCUT2D eigenvalue weighted by Crippen LogP contribution is -2.69. The summed E-state index contributed by atoms with van der Waals surface area (Å²) in [6.45, 7) is 0.815. The predicted octanol–water partition coefficient (Wildman–Crippen LogP) is 7.01. The van der Waals surface area contributed by atoms with Gasteiger partial charge in [0.25, 0.3) is 0 Å². The molecule has 0 radical (unpaired) electrons. The Balaban J connectivity index is 1.20. The van der Waals surface area contributed by atoms with Crippen LogP contribution in [0.4, 0.5) is 0 Å². The predicted molar refractivity (Wildman–Crippen MR) is 256 cm³/mol. The first kappa shape index (κ1) is 50.3. The van der Waals surface area contributed by atoms with Crippen molar-refractivity contribution in [2.45, 2.75) is 88.1 Å². The summed E-state index contributed by atoms with van der Waals surface area (Å²) in [5, 5.41) is 14.7. The summed E-state index contributed by atoms with van der Waals surface area (Å²) in [5.74, 6) is -2.96. The molecule has 2 saturated heterocycles. The lowest BCUT2D eigenvalue weighted by molar-refractivity contribution is -0.352. The Bertz CT molecular complexity index is 2590. The standard InChI is InChI=1S/C56H55NO14/c1-37(58)57-46-49(70-54(61)43-30-18-7-19-31-43)47(69-53(60)42-28-16-6-17-29-42)45(36-66-52(59)41-26-14-5-15-27-41)68-56(46)71-48-44(35-63-32-38-20-8-2-9-21-38)67-55(62)51(65-34-40-24-12-4-13-25-40)50(48)64-33-39-22-10-3-11-23-39/h2-31,44-51,55-56,62H,32-36H2,1H3,(H,57,58)/t44-,45-,46+,47-,48-,49-,50+,51-,55+,56+/m1/s1. The van der Waals surface area contributed by atoms with E-state index < -0.39 is 91.8 Å². The molecule has 8 rings (SSSR count). The molecule has 0 saturated carbocycles. The number of rotatable bonds is 20. The van der Waals surface area contributed by atoms with Crippen molar-refractivity contribution in [3.05, 3.63) is 215 Å². The zero-order valence-electron chi connectivity index (χ0n) is 38.9. The molecule has 2 fully saturated rings. The van der Waals surface area contributed by atoms with Crippen LogP contribution in [0.5, 0.6) is 0 Å². The van der Waals surface area contributed by atoms with Gasteiger partial charge >= 0.3 is 17.9 Å². The van der Waals surface area contributed by atoms with E-state index in [2.05, 4.69) is 5.32 Å². The lowest BCUT2D eigenvalue weighted by atomic mass is 9.94. The van der Waals surface area contributed by atoms with Crippen LogP contribution >= 0.6 is 0 Å². The van der Waals surface area contributed by atoms with E-state index in [0.29, 0.717) is 0 Å². The molecule has 6 aromatic rings. The minimum atomic E-state index is -1.60. The molecule has 10 atom stereocenters. The second-order valence-electron chi connectivity index (χ2n) is 16.9. The fourth-order valence-corrected chi connectivity index (χ4v) is 8.29. The summed E-state index contributed by atoms with van der Waals surface area (Å²) in [6, 6.07) is 51.3. The number of benzene rings is 6. The van der Waals surface area contributed by atoms with Crippen LogP contribution in [-0.4, -0.2) is 103 Å². The molecule has 0 bridgehead atoms. The second kappa shape index (κ2) is 25.2. The van der Waals surface area contributed by atoms with Gasteiger partial charge in [-0.05, 0) is 53.1 Å². The average Bonchev–Trinajstić information content (AvgIpc) is 3.40. The number of amides is 1. The van der Waals surface area contributed by atoms with Crippen molar-refractivity contribution in [2.75, 3.05) is 13.2 Å². The van der Waals surface area contributed by atoms with Gasteiger partial charge in [-0.1, -0.05) is 146 Å². The van der Waals surface area contributed by atoms with Crippen LogP contribution in [0.1, 0.15) is 54.7 Å². The van der Waals surface area contributed by atoms with Gasteiger partial charge < -0.3 is 53.1 Å². The third-order valence-corrected chi connectivity index (χ3v) is 11.8. The van der Waals surface area contributed by atoms with Crippen molar-refractivity contribution >= 4 is 23.8 Å². The van der Waals surface area contributed by atoms with Crippen LogP contribution in [-0.2, 0) is 67.2 Å². The first-order valence-electron chi connectivity index (χ1n) is 23.3. The van der Waals surface area contributed by atoms with Crippen LogP contribution < -0.4 is 5.32 Å². The van der Waals surface area contributed by atoms with E-state index in [0.717, 1.165) is 16.7 Å². The van der Waals surface area contributed by atoms with Crippen molar-refractivity contribution < 1.29 is 66.9 Å². The molecule has 2 heterocycles. The third kappa shape index (κ3) is 13.8.